The van der Waals surface area contributed by atoms with E-state index >= 15 is 0 Å². The van der Waals surface area contributed by atoms with E-state index in [4.69, 9.17) is 9.72 Å². The van der Waals surface area contributed by atoms with Gasteiger partial charge >= 0.3 is 0 Å². The molecule has 1 unspecified atom stereocenters. The van der Waals surface area contributed by atoms with Crippen molar-refractivity contribution in [2.75, 3.05) is 6.26 Å². The van der Waals surface area contributed by atoms with E-state index in [0.29, 0.717) is 4.90 Å². The number of sulfone groups is 1. The van der Waals surface area contributed by atoms with Crippen molar-refractivity contribution in [3.8, 4) is 11.1 Å². The second kappa shape index (κ2) is 6.79. The number of aryl methyl sites for hydroxylation is 1. The van der Waals surface area contributed by atoms with Crippen molar-refractivity contribution in [2.24, 2.45) is 0 Å². The first-order chi connectivity index (χ1) is 14.3. The molecule has 2 aromatic carbocycles. The molecular formula is C24H22N2O3S. The highest BCUT2D eigenvalue weighted by atomic mass is 32.2. The second-order valence-corrected chi connectivity index (χ2v) is 9.83. The van der Waals surface area contributed by atoms with Crippen molar-refractivity contribution in [3.63, 3.8) is 0 Å². The summed E-state index contributed by atoms with van der Waals surface area (Å²) in [6.45, 7) is 4.09. The zero-order valence-corrected chi connectivity index (χ0v) is 17.8. The molecule has 5 nitrogen and oxygen atoms in total. The molecule has 2 atom stereocenters. The zero-order chi connectivity index (χ0) is 21.0. The van der Waals surface area contributed by atoms with Crippen LogP contribution in [0.3, 0.4) is 0 Å². The third-order valence-corrected chi connectivity index (χ3v) is 6.89. The summed E-state index contributed by atoms with van der Waals surface area (Å²) in [7, 11) is -3.22. The van der Waals surface area contributed by atoms with E-state index in [0.717, 1.165) is 28.2 Å². The lowest BCUT2D eigenvalue weighted by Gasteiger charge is -2.14. The van der Waals surface area contributed by atoms with Gasteiger partial charge in [-0.1, -0.05) is 36.4 Å². The molecule has 30 heavy (non-hydrogen) atoms. The van der Waals surface area contributed by atoms with Crippen molar-refractivity contribution in [1.82, 2.24) is 9.38 Å². The normalized spacial score (nSPS) is 18.6. The van der Waals surface area contributed by atoms with Gasteiger partial charge in [0.1, 0.15) is 11.8 Å². The van der Waals surface area contributed by atoms with E-state index in [2.05, 4.69) is 29.7 Å². The summed E-state index contributed by atoms with van der Waals surface area (Å²) >= 11 is 0. The summed E-state index contributed by atoms with van der Waals surface area (Å²) < 4.78 is 31.9. The largest absolute Gasteiger partial charge is 0.360 e. The number of hydrogen-bond acceptors (Lipinski definition) is 4. The third kappa shape index (κ3) is 3.04. The van der Waals surface area contributed by atoms with Gasteiger partial charge in [-0.2, -0.15) is 0 Å². The van der Waals surface area contributed by atoms with E-state index in [1.807, 2.05) is 43.3 Å². The number of nitrogens with zero attached hydrogens (tertiary/aromatic N) is 2. The Labute approximate surface area is 175 Å². The minimum Gasteiger partial charge on any atom is -0.360 e. The maximum absolute atomic E-state index is 11.8. The standard InChI is InChI=1S/C24H22N2O3S/c1-15-23(24-21-7-5-4-6-20(21)16(2)29-24)26-14-18(10-13-22(26)25-15)17-8-11-19(12-9-17)30(3,27)28/h4-14,16,24H,1-3H3/t16-,24?/m0/s1. The molecule has 0 bridgehead atoms. The fraction of sp³-hybridized carbons (Fsp3) is 0.208. The van der Waals surface area contributed by atoms with Crippen molar-refractivity contribution >= 4 is 15.5 Å². The van der Waals surface area contributed by atoms with Crippen LogP contribution >= 0.6 is 0 Å². The topological polar surface area (TPSA) is 60.7 Å². The highest BCUT2D eigenvalue weighted by Crippen LogP contribution is 2.43. The number of rotatable bonds is 3. The van der Waals surface area contributed by atoms with Gasteiger partial charge in [-0.05, 0) is 60.4 Å². The molecule has 1 aliphatic heterocycles. The molecule has 0 fully saturated rings. The number of fused-ring (bicyclic) bond motifs is 2. The molecule has 0 spiro atoms. The lowest BCUT2D eigenvalue weighted by atomic mass is 10.00. The molecule has 0 saturated heterocycles. The van der Waals surface area contributed by atoms with Gasteiger partial charge in [0.05, 0.1) is 22.4 Å². The van der Waals surface area contributed by atoms with Crippen LogP contribution in [0.4, 0.5) is 0 Å². The fourth-order valence-electron chi connectivity index (χ4n) is 4.24. The smallest absolute Gasteiger partial charge is 0.175 e. The van der Waals surface area contributed by atoms with Crippen LogP contribution < -0.4 is 0 Å². The Hall–Kier alpha value is -2.96. The van der Waals surface area contributed by atoms with Gasteiger partial charge in [0.2, 0.25) is 0 Å². The molecule has 5 rings (SSSR count). The average Bonchev–Trinajstić information content (AvgIpc) is 3.23. The Morgan fingerprint density at radius 1 is 0.933 bits per heavy atom. The molecule has 1 aliphatic rings. The van der Waals surface area contributed by atoms with Crippen LogP contribution in [0.1, 0.15) is 41.6 Å². The van der Waals surface area contributed by atoms with Gasteiger partial charge in [-0.25, -0.2) is 13.4 Å². The van der Waals surface area contributed by atoms with Crippen LogP contribution in [0.2, 0.25) is 0 Å². The van der Waals surface area contributed by atoms with Crippen molar-refractivity contribution in [2.45, 2.75) is 31.0 Å². The molecule has 2 aromatic heterocycles. The van der Waals surface area contributed by atoms with Gasteiger partial charge in [-0.3, -0.25) is 0 Å². The summed E-state index contributed by atoms with van der Waals surface area (Å²) in [6, 6.07) is 19.3. The Morgan fingerprint density at radius 3 is 2.30 bits per heavy atom. The van der Waals surface area contributed by atoms with Gasteiger partial charge in [0, 0.05) is 12.5 Å². The first-order valence-corrected chi connectivity index (χ1v) is 11.8. The molecule has 0 N–H and O–H groups in total. The first kappa shape index (κ1) is 19.0. The summed E-state index contributed by atoms with van der Waals surface area (Å²) in [5.41, 5.74) is 7.15. The van der Waals surface area contributed by atoms with Gasteiger partial charge in [0.15, 0.2) is 9.84 Å². The number of ether oxygens (including phenoxy) is 1. The predicted molar refractivity (Wildman–Crippen MR) is 116 cm³/mol. The molecule has 0 saturated carbocycles. The van der Waals surface area contributed by atoms with Crippen LogP contribution in [0.5, 0.6) is 0 Å². The summed E-state index contributed by atoms with van der Waals surface area (Å²) in [4.78, 5) is 5.06. The molecule has 3 heterocycles. The Kier molecular flexibility index (Phi) is 4.31. The lowest BCUT2D eigenvalue weighted by Crippen LogP contribution is -2.05. The number of hydrogen-bond donors (Lipinski definition) is 0. The van der Waals surface area contributed by atoms with Crippen LogP contribution in [0.15, 0.2) is 71.8 Å². The van der Waals surface area contributed by atoms with Gasteiger partial charge in [0.25, 0.3) is 0 Å². The quantitative estimate of drug-likeness (QED) is 0.475. The molecule has 0 amide bonds. The molecular weight excluding hydrogens is 396 g/mol. The van der Waals surface area contributed by atoms with E-state index in [-0.39, 0.29) is 12.2 Å². The van der Waals surface area contributed by atoms with Crippen LogP contribution in [-0.4, -0.2) is 24.1 Å². The van der Waals surface area contributed by atoms with Crippen LogP contribution in [-0.2, 0) is 14.6 Å². The highest BCUT2D eigenvalue weighted by Gasteiger charge is 2.33. The Bertz CT molecular complexity index is 1370. The monoisotopic (exact) mass is 418 g/mol. The lowest BCUT2D eigenvalue weighted by molar-refractivity contribution is 0.0424. The van der Waals surface area contributed by atoms with Crippen LogP contribution in [0.25, 0.3) is 16.8 Å². The summed E-state index contributed by atoms with van der Waals surface area (Å²) in [5.74, 6) is 0. The number of imidazole rings is 1. The third-order valence-electron chi connectivity index (χ3n) is 5.76. The van der Waals surface area contributed by atoms with E-state index in [1.54, 1.807) is 12.1 Å². The number of pyridine rings is 1. The molecule has 152 valence electrons. The molecule has 0 aliphatic carbocycles. The fourth-order valence-corrected chi connectivity index (χ4v) is 4.87. The summed E-state index contributed by atoms with van der Waals surface area (Å²) in [6.07, 6.45) is 3.13. The average molecular weight is 419 g/mol. The first-order valence-electron chi connectivity index (χ1n) is 9.86. The Morgan fingerprint density at radius 2 is 1.60 bits per heavy atom. The second-order valence-electron chi connectivity index (χ2n) is 7.81. The molecule has 4 aromatic rings. The summed E-state index contributed by atoms with van der Waals surface area (Å²) in [5, 5.41) is 0. The van der Waals surface area contributed by atoms with Crippen molar-refractivity contribution in [1.29, 1.82) is 0 Å². The molecule has 0 radical (unpaired) electrons. The van der Waals surface area contributed by atoms with E-state index < -0.39 is 9.84 Å². The maximum atomic E-state index is 11.8. The van der Waals surface area contributed by atoms with E-state index in [9.17, 15) is 8.42 Å². The highest BCUT2D eigenvalue weighted by molar-refractivity contribution is 7.90. The van der Waals surface area contributed by atoms with Gasteiger partial charge < -0.3 is 9.14 Å². The minimum absolute atomic E-state index is 0.0304. The van der Waals surface area contributed by atoms with Gasteiger partial charge in [-0.15, -0.1) is 0 Å². The van der Waals surface area contributed by atoms with Crippen molar-refractivity contribution in [3.05, 3.63) is 89.4 Å². The molecule has 6 heteroatoms. The number of benzene rings is 2. The maximum Gasteiger partial charge on any atom is 0.175 e. The minimum atomic E-state index is -3.22. The SMILES string of the molecule is Cc1nc2ccc(-c3ccc(S(C)(=O)=O)cc3)cn2c1C1O[C@@H](C)c2ccccc21. The van der Waals surface area contributed by atoms with Crippen molar-refractivity contribution < 1.29 is 13.2 Å². The number of aromatic nitrogens is 2. The van der Waals surface area contributed by atoms with E-state index in [1.165, 1.54) is 17.4 Å². The predicted octanol–water partition coefficient (Wildman–Crippen LogP) is 4.89. The zero-order valence-electron chi connectivity index (χ0n) is 17.0. The Balaban J connectivity index is 1.63. The van der Waals surface area contributed by atoms with Crippen LogP contribution in [0, 0.1) is 6.92 Å².